The van der Waals surface area contributed by atoms with Crippen LogP contribution in [-0.2, 0) is 39.8 Å². The molecule has 1 aromatic heterocycles. The number of nitrogens with one attached hydrogen (secondary N) is 5. The maximum absolute atomic E-state index is 14.9. The molecule has 6 N–H and O–H groups in total. The number of carbonyl (C=O) groups excluding carboxylic acids is 3. The molecule has 0 radical (unpaired) electrons. The molecule has 58 heavy (non-hydrogen) atoms. The van der Waals surface area contributed by atoms with Gasteiger partial charge in [0, 0.05) is 23.2 Å². The Labute approximate surface area is 338 Å². The summed E-state index contributed by atoms with van der Waals surface area (Å²) in [6.07, 6.45) is -4.19. The molecule has 16 heteroatoms. The predicted molar refractivity (Wildman–Crippen MR) is 215 cm³/mol. The summed E-state index contributed by atoms with van der Waals surface area (Å²) in [5.41, 5.74) is -1.51. The molecular weight excluding hydrogens is 779 g/mol. The molecule has 0 spiro atoms. The van der Waals surface area contributed by atoms with E-state index in [1.807, 2.05) is 20.8 Å². The lowest BCUT2D eigenvalue weighted by molar-refractivity contribution is -0.137. The number of aromatic amines is 1. The van der Waals surface area contributed by atoms with Crippen molar-refractivity contribution in [2.75, 3.05) is 12.4 Å². The lowest BCUT2D eigenvalue weighted by atomic mass is 9.78. The van der Waals surface area contributed by atoms with E-state index in [1.165, 1.54) is 49.6 Å². The van der Waals surface area contributed by atoms with Crippen molar-refractivity contribution in [3.05, 3.63) is 94.4 Å². The standard InChI is InChI=1S/C42H47F4N5O6S/c1-6-22(3)34(49-33(52)19-24-11-8-9-14-30(24)43)37(53)51-41(18-17-31-28(21-41)26-12-10-13-29(36(26)48-31)42(44,45)46)40(56)50-35(23(4)7-2)38(58)47-25-15-16-32(57-5)27(20-25)39(54)55/h8-16,20,22-23,34-35,48H,6-7,17-19,21H2,1-5H3,(H,47,58)(H,49,52)(H,50,56)(H,51,53)(H,54,55)/t22?,23?,34-,35-,41+/m0/s1. The average molecular weight is 826 g/mol. The zero-order valence-corrected chi connectivity index (χ0v) is 33.6. The van der Waals surface area contributed by atoms with Gasteiger partial charge in [-0.3, -0.25) is 14.4 Å². The van der Waals surface area contributed by atoms with Crippen LogP contribution in [0, 0.1) is 17.7 Å². The molecule has 0 saturated heterocycles. The Hall–Kier alpha value is -5.51. The first-order valence-electron chi connectivity index (χ1n) is 19.0. The molecule has 0 bridgehead atoms. The maximum atomic E-state index is 14.9. The molecular formula is C42H47F4N5O6S. The van der Waals surface area contributed by atoms with Crippen LogP contribution >= 0.6 is 12.2 Å². The number of carboxylic acid groups (broad SMARTS) is 1. The average Bonchev–Trinajstić information content (AvgIpc) is 3.56. The molecule has 0 saturated carbocycles. The number of halogens is 4. The van der Waals surface area contributed by atoms with Gasteiger partial charge in [0.25, 0.3) is 0 Å². The fourth-order valence-electron chi connectivity index (χ4n) is 7.27. The normalized spacial score (nSPS) is 17.3. The molecule has 1 aliphatic carbocycles. The van der Waals surface area contributed by atoms with Crippen LogP contribution in [0.25, 0.3) is 10.9 Å². The van der Waals surface area contributed by atoms with Gasteiger partial charge in [-0.15, -0.1) is 0 Å². The van der Waals surface area contributed by atoms with Crippen LogP contribution in [0.1, 0.15) is 79.7 Å². The van der Waals surface area contributed by atoms with Crippen molar-refractivity contribution in [1.82, 2.24) is 20.9 Å². The molecule has 1 aliphatic rings. The second-order valence-corrected chi connectivity index (χ2v) is 15.2. The number of amides is 3. The fraction of sp³-hybridized carbons (Fsp3) is 0.405. The summed E-state index contributed by atoms with van der Waals surface area (Å²) in [5.74, 6) is -4.41. The molecule has 1 heterocycles. The first-order chi connectivity index (χ1) is 27.4. The number of ether oxygens (including phenoxy) is 1. The van der Waals surface area contributed by atoms with Crippen LogP contribution in [0.4, 0.5) is 23.2 Å². The minimum absolute atomic E-state index is 0.0317. The molecule has 3 amide bonds. The van der Waals surface area contributed by atoms with Crippen molar-refractivity contribution < 1.29 is 46.6 Å². The van der Waals surface area contributed by atoms with Crippen molar-refractivity contribution in [2.24, 2.45) is 11.8 Å². The number of para-hydroxylation sites is 1. The molecule has 310 valence electrons. The van der Waals surface area contributed by atoms with Crippen LogP contribution in [0.3, 0.4) is 0 Å². The number of methoxy groups -OCH3 is 1. The number of H-pyrrole nitrogens is 1. The number of anilines is 1. The molecule has 5 atom stereocenters. The van der Waals surface area contributed by atoms with E-state index in [1.54, 1.807) is 19.1 Å². The molecule has 11 nitrogen and oxygen atoms in total. The zero-order valence-electron chi connectivity index (χ0n) is 32.7. The quantitative estimate of drug-likeness (QED) is 0.0546. The number of aromatic nitrogens is 1. The van der Waals surface area contributed by atoms with Gasteiger partial charge in [-0.2, -0.15) is 13.2 Å². The molecule has 2 unspecified atom stereocenters. The van der Waals surface area contributed by atoms with Gasteiger partial charge < -0.3 is 36.1 Å². The minimum Gasteiger partial charge on any atom is -0.496 e. The smallest absolute Gasteiger partial charge is 0.418 e. The Bertz CT molecular complexity index is 2210. The van der Waals surface area contributed by atoms with Crippen molar-refractivity contribution >= 4 is 57.5 Å². The van der Waals surface area contributed by atoms with E-state index in [9.17, 15) is 41.8 Å². The fourth-order valence-corrected chi connectivity index (χ4v) is 7.68. The van der Waals surface area contributed by atoms with Gasteiger partial charge in [-0.25, -0.2) is 9.18 Å². The van der Waals surface area contributed by atoms with Crippen molar-refractivity contribution in [2.45, 2.75) is 90.0 Å². The molecule has 0 fully saturated rings. The van der Waals surface area contributed by atoms with Crippen LogP contribution in [0.5, 0.6) is 5.75 Å². The third-order valence-corrected chi connectivity index (χ3v) is 11.4. The summed E-state index contributed by atoms with van der Waals surface area (Å²) < 4.78 is 62.0. The first kappa shape index (κ1) is 43.6. The molecule has 4 aromatic rings. The second kappa shape index (κ2) is 18.0. The Morgan fingerprint density at radius 3 is 2.29 bits per heavy atom. The van der Waals surface area contributed by atoms with Crippen molar-refractivity contribution in [3.8, 4) is 5.75 Å². The van der Waals surface area contributed by atoms with Gasteiger partial charge in [0.1, 0.15) is 33.7 Å². The van der Waals surface area contributed by atoms with Gasteiger partial charge in [-0.05, 0) is 66.1 Å². The van der Waals surface area contributed by atoms with Gasteiger partial charge in [0.15, 0.2) is 0 Å². The Balaban J connectivity index is 1.52. The number of hydrogen-bond donors (Lipinski definition) is 6. The second-order valence-electron chi connectivity index (χ2n) is 14.8. The summed E-state index contributed by atoms with van der Waals surface area (Å²) in [5, 5.41) is 21.7. The number of thiocarbonyl (C=S) groups is 1. The predicted octanol–water partition coefficient (Wildman–Crippen LogP) is 7.12. The van der Waals surface area contributed by atoms with Crippen molar-refractivity contribution in [1.29, 1.82) is 0 Å². The van der Waals surface area contributed by atoms with E-state index in [0.29, 0.717) is 29.8 Å². The maximum Gasteiger partial charge on any atom is 0.418 e. The number of hydrogen-bond acceptors (Lipinski definition) is 6. The van der Waals surface area contributed by atoms with Crippen LogP contribution < -0.4 is 26.0 Å². The van der Waals surface area contributed by atoms with E-state index in [2.05, 4.69) is 26.3 Å². The van der Waals surface area contributed by atoms with Gasteiger partial charge in [0.05, 0.1) is 30.7 Å². The van der Waals surface area contributed by atoms with Gasteiger partial charge in [-0.1, -0.05) is 83.1 Å². The largest absolute Gasteiger partial charge is 0.496 e. The summed E-state index contributed by atoms with van der Waals surface area (Å²) in [6, 6.07) is 11.9. The number of aromatic carboxylic acids is 1. The molecule has 5 rings (SSSR count). The Morgan fingerprint density at radius 2 is 1.66 bits per heavy atom. The third kappa shape index (κ3) is 9.43. The highest BCUT2D eigenvalue weighted by molar-refractivity contribution is 7.80. The molecule has 0 aliphatic heterocycles. The minimum atomic E-state index is -4.67. The summed E-state index contributed by atoms with van der Waals surface area (Å²) >= 11 is 5.80. The number of carboxylic acids is 1. The van der Waals surface area contributed by atoms with Gasteiger partial charge >= 0.3 is 12.1 Å². The van der Waals surface area contributed by atoms with Crippen LogP contribution in [0.15, 0.2) is 60.7 Å². The number of alkyl halides is 3. The lowest BCUT2D eigenvalue weighted by Gasteiger charge is -2.40. The van der Waals surface area contributed by atoms with E-state index in [4.69, 9.17) is 17.0 Å². The molecule has 3 aromatic carbocycles. The van der Waals surface area contributed by atoms with Crippen molar-refractivity contribution in [3.63, 3.8) is 0 Å². The van der Waals surface area contributed by atoms with Gasteiger partial charge in [0.2, 0.25) is 17.7 Å². The number of fused-ring (bicyclic) bond motifs is 3. The summed E-state index contributed by atoms with van der Waals surface area (Å²) in [6.45, 7) is 7.30. The van der Waals surface area contributed by atoms with Crippen LogP contribution in [0.2, 0.25) is 0 Å². The Morgan fingerprint density at radius 1 is 0.966 bits per heavy atom. The summed E-state index contributed by atoms with van der Waals surface area (Å²) in [7, 11) is 1.34. The van der Waals surface area contributed by atoms with E-state index >= 15 is 0 Å². The van der Waals surface area contributed by atoms with Crippen LogP contribution in [-0.4, -0.2) is 63.5 Å². The summed E-state index contributed by atoms with van der Waals surface area (Å²) in [4.78, 5) is 57.6. The first-order valence-corrected chi connectivity index (χ1v) is 19.4. The third-order valence-electron chi connectivity index (χ3n) is 11.0. The topological polar surface area (TPSA) is 162 Å². The van der Waals surface area contributed by atoms with E-state index in [0.717, 1.165) is 6.07 Å². The number of aryl methyl sites for hydroxylation is 1. The number of rotatable bonds is 15. The van der Waals surface area contributed by atoms with E-state index < -0.39 is 64.8 Å². The highest BCUT2D eigenvalue weighted by Gasteiger charge is 2.47. The zero-order chi connectivity index (χ0) is 42.5. The monoisotopic (exact) mass is 825 g/mol. The SMILES string of the molecule is CCC(C)[C@H](NC(=O)Cc1ccccc1F)C(=O)N[C@]1(C(=O)N[C@H](C(=S)Nc2ccc(OC)c(C(=O)O)c2)C(C)CC)CCc2[nH]c3c(C(F)(F)F)cccc3c2C1. The Kier molecular flexibility index (Phi) is 13.5. The number of carbonyl (C=O) groups is 4. The highest BCUT2D eigenvalue weighted by Crippen LogP contribution is 2.40. The van der Waals surface area contributed by atoms with E-state index in [-0.39, 0.29) is 64.4 Å². The highest BCUT2D eigenvalue weighted by atomic mass is 32.1. The number of benzene rings is 3. The lowest BCUT2D eigenvalue weighted by Crippen LogP contribution is -2.67.